The predicted octanol–water partition coefficient (Wildman–Crippen LogP) is 1.17. The Morgan fingerprint density at radius 3 is 2.14 bits per heavy atom. The molecule has 1 fully saturated rings. The summed E-state index contributed by atoms with van der Waals surface area (Å²) in [6.45, 7) is 12.6. The van der Waals surface area contributed by atoms with E-state index < -0.39 is 0 Å². The summed E-state index contributed by atoms with van der Waals surface area (Å²) < 4.78 is 0. The third kappa shape index (κ3) is 4.94. The summed E-state index contributed by atoms with van der Waals surface area (Å²) in [6.07, 6.45) is 1.24. The maximum atomic E-state index is 3.51. The van der Waals surface area contributed by atoms with Crippen molar-refractivity contribution in [3.63, 3.8) is 0 Å². The van der Waals surface area contributed by atoms with Crippen molar-refractivity contribution in [3.05, 3.63) is 0 Å². The lowest BCUT2D eigenvalue weighted by molar-refractivity contribution is 0.0997. The van der Waals surface area contributed by atoms with Crippen molar-refractivity contribution in [2.24, 2.45) is 5.41 Å². The molecule has 3 nitrogen and oxygen atoms in total. The van der Waals surface area contributed by atoms with E-state index in [0.29, 0.717) is 5.41 Å². The zero-order valence-electron chi connectivity index (χ0n) is 10.1. The molecule has 1 heterocycles. The molecule has 0 aromatic rings. The Hall–Kier alpha value is -0.120. The topological polar surface area (TPSA) is 18.5 Å². The highest BCUT2D eigenvalue weighted by Gasteiger charge is 2.14. The minimum absolute atomic E-state index is 0.444. The number of likely N-dealkylation sites (N-methyl/N-ethyl adjacent to an activating group) is 1. The second-order valence-electron chi connectivity index (χ2n) is 5.51. The van der Waals surface area contributed by atoms with Gasteiger partial charge in [-0.25, -0.2) is 5.01 Å². The van der Waals surface area contributed by atoms with Gasteiger partial charge in [-0.05, 0) is 18.9 Å². The number of nitrogens with one attached hydrogen (secondary N) is 1. The Balaban J connectivity index is 2.08. The van der Waals surface area contributed by atoms with E-state index in [2.05, 4.69) is 43.2 Å². The van der Waals surface area contributed by atoms with Crippen LogP contribution in [0.15, 0.2) is 0 Å². The van der Waals surface area contributed by atoms with Crippen LogP contribution in [0.2, 0.25) is 0 Å². The summed E-state index contributed by atoms with van der Waals surface area (Å²) in [6, 6.07) is 0. The summed E-state index contributed by atoms with van der Waals surface area (Å²) in [5.74, 6) is 0. The van der Waals surface area contributed by atoms with Gasteiger partial charge in [-0.2, -0.15) is 0 Å². The monoisotopic (exact) mass is 199 g/mol. The third-order valence-electron chi connectivity index (χ3n) is 2.71. The number of hydrogen-bond acceptors (Lipinski definition) is 3. The van der Waals surface area contributed by atoms with Crippen molar-refractivity contribution in [3.8, 4) is 0 Å². The van der Waals surface area contributed by atoms with Crippen LogP contribution in [0, 0.1) is 5.41 Å². The normalized spacial score (nSPS) is 21.4. The largest absolute Gasteiger partial charge is 0.304 e. The molecule has 1 aliphatic rings. The molecule has 1 aliphatic heterocycles. The Morgan fingerprint density at radius 2 is 1.64 bits per heavy atom. The Morgan fingerprint density at radius 1 is 1.07 bits per heavy atom. The van der Waals surface area contributed by atoms with Crippen LogP contribution in [0.4, 0.5) is 0 Å². The molecule has 1 saturated heterocycles. The molecule has 1 N–H and O–H groups in total. The molecule has 0 unspecified atom stereocenters. The molecule has 0 bridgehead atoms. The lowest BCUT2D eigenvalue weighted by Gasteiger charge is -2.33. The van der Waals surface area contributed by atoms with Gasteiger partial charge in [0.05, 0.1) is 0 Å². The number of nitrogens with zero attached hydrogens (tertiary/aromatic N) is 2. The number of piperazine rings is 1. The number of rotatable bonds is 3. The highest BCUT2D eigenvalue weighted by molar-refractivity contribution is 4.67. The van der Waals surface area contributed by atoms with Crippen LogP contribution in [-0.4, -0.2) is 49.7 Å². The molecule has 1 rings (SSSR count). The molecule has 3 heteroatoms. The standard InChI is InChI=1S/C11H25N3/c1-11(2,3)5-6-12-14-9-7-13(4)8-10-14/h12H,5-10H2,1-4H3. The molecule has 14 heavy (non-hydrogen) atoms. The van der Waals surface area contributed by atoms with Crippen molar-refractivity contribution in [2.75, 3.05) is 39.8 Å². The Labute approximate surface area is 88.4 Å². The van der Waals surface area contributed by atoms with Gasteiger partial charge in [0.2, 0.25) is 0 Å². The first-order valence-corrected chi connectivity index (χ1v) is 5.64. The van der Waals surface area contributed by atoms with E-state index in [1.54, 1.807) is 0 Å². The second-order valence-corrected chi connectivity index (χ2v) is 5.51. The second kappa shape index (κ2) is 5.10. The van der Waals surface area contributed by atoms with Gasteiger partial charge in [-0.15, -0.1) is 0 Å². The van der Waals surface area contributed by atoms with Crippen LogP contribution in [0.3, 0.4) is 0 Å². The third-order valence-corrected chi connectivity index (χ3v) is 2.71. The molecular formula is C11H25N3. The van der Waals surface area contributed by atoms with Crippen molar-refractivity contribution in [1.29, 1.82) is 0 Å². The van der Waals surface area contributed by atoms with Gasteiger partial charge in [0.25, 0.3) is 0 Å². The van der Waals surface area contributed by atoms with Gasteiger partial charge in [-0.3, -0.25) is 5.43 Å². The molecule has 0 saturated carbocycles. The summed E-state index contributed by atoms with van der Waals surface area (Å²) in [5.41, 5.74) is 3.95. The lowest BCUT2D eigenvalue weighted by Crippen LogP contribution is -2.51. The van der Waals surface area contributed by atoms with E-state index in [9.17, 15) is 0 Å². The first-order valence-electron chi connectivity index (χ1n) is 5.64. The average Bonchev–Trinajstić information content (AvgIpc) is 2.06. The van der Waals surface area contributed by atoms with Gasteiger partial charge in [0.1, 0.15) is 0 Å². The van der Waals surface area contributed by atoms with E-state index in [1.165, 1.54) is 19.5 Å². The van der Waals surface area contributed by atoms with E-state index >= 15 is 0 Å². The zero-order valence-corrected chi connectivity index (χ0v) is 10.1. The SMILES string of the molecule is CN1CCN(NCCC(C)(C)C)CC1. The van der Waals surface area contributed by atoms with Gasteiger partial charge >= 0.3 is 0 Å². The summed E-state index contributed by atoms with van der Waals surface area (Å²) in [5, 5.41) is 2.35. The minimum Gasteiger partial charge on any atom is -0.304 e. The summed E-state index contributed by atoms with van der Waals surface area (Å²) >= 11 is 0. The van der Waals surface area contributed by atoms with Crippen LogP contribution in [0.1, 0.15) is 27.2 Å². The molecule has 0 spiro atoms. The van der Waals surface area contributed by atoms with Gasteiger partial charge < -0.3 is 4.90 Å². The fraction of sp³-hybridized carbons (Fsp3) is 1.00. The molecule has 0 aliphatic carbocycles. The lowest BCUT2D eigenvalue weighted by atomic mass is 9.92. The van der Waals surface area contributed by atoms with Crippen molar-refractivity contribution >= 4 is 0 Å². The zero-order chi connectivity index (χ0) is 10.6. The highest BCUT2D eigenvalue weighted by atomic mass is 15.5. The summed E-state index contributed by atoms with van der Waals surface area (Å²) in [4.78, 5) is 2.38. The smallest absolute Gasteiger partial charge is 0.0259 e. The first kappa shape index (κ1) is 12.0. The molecular weight excluding hydrogens is 174 g/mol. The fourth-order valence-corrected chi connectivity index (χ4v) is 1.55. The maximum Gasteiger partial charge on any atom is 0.0259 e. The number of hydrogen-bond donors (Lipinski definition) is 1. The van der Waals surface area contributed by atoms with Crippen LogP contribution in [0.5, 0.6) is 0 Å². The first-order chi connectivity index (χ1) is 6.47. The van der Waals surface area contributed by atoms with E-state index in [-0.39, 0.29) is 0 Å². The number of hydrazine groups is 1. The van der Waals surface area contributed by atoms with E-state index in [0.717, 1.165) is 19.6 Å². The van der Waals surface area contributed by atoms with Crippen LogP contribution in [0.25, 0.3) is 0 Å². The molecule has 0 amide bonds. The van der Waals surface area contributed by atoms with Gasteiger partial charge in [-0.1, -0.05) is 20.8 Å². The molecule has 0 atom stereocenters. The quantitative estimate of drug-likeness (QED) is 0.736. The Bertz CT molecular complexity index is 154. The predicted molar refractivity (Wildman–Crippen MR) is 61.1 cm³/mol. The average molecular weight is 199 g/mol. The molecule has 0 aromatic carbocycles. The van der Waals surface area contributed by atoms with Crippen molar-refractivity contribution in [2.45, 2.75) is 27.2 Å². The van der Waals surface area contributed by atoms with E-state index in [4.69, 9.17) is 0 Å². The van der Waals surface area contributed by atoms with Crippen LogP contribution < -0.4 is 5.43 Å². The molecule has 84 valence electrons. The molecule has 0 aromatic heterocycles. The maximum absolute atomic E-state index is 3.51. The van der Waals surface area contributed by atoms with Crippen molar-refractivity contribution in [1.82, 2.24) is 15.3 Å². The summed E-state index contributed by atoms with van der Waals surface area (Å²) in [7, 11) is 2.19. The fourth-order valence-electron chi connectivity index (χ4n) is 1.55. The minimum atomic E-state index is 0.444. The van der Waals surface area contributed by atoms with Gasteiger partial charge in [0, 0.05) is 32.7 Å². The molecule has 0 radical (unpaired) electrons. The Kier molecular flexibility index (Phi) is 4.35. The van der Waals surface area contributed by atoms with E-state index in [1.807, 2.05) is 0 Å². The van der Waals surface area contributed by atoms with Gasteiger partial charge in [0.15, 0.2) is 0 Å². The van der Waals surface area contributed by atoms with Crippen LogP contribution in [-0.2, 0) is 0 Å². The highest BCUT2D eigenvalue weighted by Crippen LogP contribution is 2.17. The van der Waals surface area contributed by atoms with Crippen molar-refractivity contribution < 1.29 is 0 Å². The van der Waals surface area contributed by atoms with Crippen LogP contribution >= 0.6 is 0 Å².